The Bertz CT molecular complexity index is 624. The Morgan fingerprint density at radius 2 is 2.00 bits per heavy atom. The highest BCUT2D eigenvalue weighted by atomic mass is 127. The smallest absolute Gasteiger partial charge is 0.271 e. The van der Waals surface area contributed by atoms with E-state index >= 15 is 0 Å². The number of carbonyl (C=O) groups is 1. The van der Waals surface area contributed by atoms with Crippen LogP contribution in [0.3, 0.4) is 0 Å². The molecule has 0 aliphatic rings. The molecule has 2 rings (SSSR count). The second kappa shape index (κ2) is 7.04. The number of hydrazone groups is 1. The number of rotatable bonds is 4. The van der Waals surface area contributed by atoms with E-state index in [9.17, 15) is 4.79 Å². The van der Waals surface area contributed by atoms with Crippen molar-refractivity contribution in [1.29, 1.82) is 0 Å². The number of benzene rings is 2. The Balaban J connectivity index is 1.97. The zero-order valence-electron chi connectivity index (χ0n) is 10.8. The summed E-state index contributed by atoms with van der Waals surface area (Å²) in [6, 6.07) is 14.7. The van der Waals surface area contributed by atoms with E-state index in [1.807, 2.05) is 36.4 Å². The maximum Gasteiger partial charge on any atom is 0.271 e. The highest BCUT2D eigenvalue weighted by Gasteiger charge is 2.03. The van der Waals surface area contributed by atoms with Crippen LogP contribution in [0, 0.1) is 3.57 Å². The number of halogens is 1. The molecule has 0 aromatic heterocycles. The molecular weight excluding hydrogens is 367 g/mol. The summed E-state index contributed by atoms with van der Waals surface area (Å²) >= 11 is 2.16. The molecule has 0 bridgehead atoms. The Kier molecular flexibility index (Phi) is 5.11. The van der Waals surface area contributed by atoms with Crippen LogP contribution in [0.1, 0.15) is 15.9 Å². The lowest BCUT2D eigenvalue weighted by molar-refractivity contribution is 0.0955. The summed E-state index contributed by atoms with van der Waals surface area (Å²) in [5.41, 5.74) is 3.97. The summed E-state index contributed by atoms with van der Waals surface area (Å²) in [7, 11) is 1.62. The Labute approximate surface area is 131 Å². The molecule has 5 heteroatoms. The average Bonchev–Trinajstić information content (AvgIpc) is 2.48. The molecule has 0 spiro atoms. The van der Waals surface area contributed by atoms with Crippen molar-refractivity contribution in [3.8, 4) is 5.75 Å². The predicted octanol–water partition coefficient (Wildman–Crippen LogP) is 3.06. The topological polar surface area (TPSA) is 50.7 Å². The molecule has 0 fully saturated rings. The SMILES string of the molecule is COc1ccc(/C=N/NC(=O)c2cccc(I)c2)cc1. The number of nitrogens with one attached hydrogen (secondary N) is 1. The van der Waals surface area contributed by atoms with Gasteiger partial charge in [0.15, 0.2) is 0 Å². The fraction of sp³-hybridized carbons (Fsp3) is 0.0667. The lowest BCUT2D eigenvalue weighted by atomic mass is 10.2. The van der Waals surface area contributed by atoms with Crippen molar-refractivity contribution in [1.82, 2.24) is 5.43 Å². The van der Waals surface area contributed by atoms with Crippen LogP contribution < -0.4 is 10.2 Å². The van der Waals surface area contributed by atoms with Crippen LogP contribution in [0.5, 0.6) is 5.75 Å². The van der Waals surface area contributed by atoms with Gasteiger partial charge in [0.25, 0.3) is 5.91 Å². The zero-order chi connectivity index (χ0) is 14.4. The van der Waals surface area contributed by atoms with Crippen LogP contribution in [0.4, 0.5) is 0 Å². The summed E-state index contributed by atoms with van der Waals surface area (Å²) in [6.07, 6.45) is 1.59. The van der Waals surface area contributed by atoms with E-state index < -0.39 is 0 Å². The van der Waals surface area contributed by atoms with Crippen LogP contribution >= 0.6 is 22.6 Å². The predicted molar refractivity (Wildman–Crippen MR) is 87.2 cm³/mol. The maximum absolute atomic E-state index is 11.8. The van der Waals surface area contributed by atoms with Crippen molar-refractivity contribution in [2.45, 2.75) is 0 Å². The average molecular weight is 380 g/mol. The Morgan fingerprint density at radius 1 is 1.25 bits per heavy atom. The largest absolute Gasteiger partial charge is 0.497 e. The molecule has 20 heavy (non-hydrogen) atoms. The van der Waals surface area contributed by atoms with Crippen LogP contribution in [0.25, 0.3) is 0 Å². The number of nitrogens with zero attached hydrogens (tertiary/aromatic N) is 1. The molecule has 0 saturated carbocycles. The third-order valence-corrected chi connectivity index (χ3v) is 3.25. The van der Waals surface area contributed by atoms with Gasteiger partial charge < -0.3 is 4.74 Å². The number of amides is 1. The minimum Gasteiger partial charge on any atom is -0.497 e. The van der Waals surface area contributed by atoms with Crippen molar-refractivity contribution in [3.63, 3.8) is 0 Å². The summed E-state index contributed by atoms with van der Waals surface area (Å²) in [5, 5.41) is 3.94. The molecule has 4 nitrogen and oxygen atoms in total. The minimum atomic E-state index is -0.228. The first-order valence-corrected chi connectivity index (χ1v) is 7.00. The second-order valence-electron chi connectivity index (χ2n) is 3.98. The standard InChI is InChI=1S/C15H13IN2O2/c1-20-14-7-5-11(6-8-14)10-17-18-15(19)12-3-2-4-13(16)9-12/h2-10H,1H3,(H,18,19)/b17-10+. The van der Waals surface area contributed by atoms with E-state index in [1.54, 1.807) is 25.5 Å². The van der Waals surface area contributed by atoms with E-state index in [0.29, 0.717) is 5.56 Å². The van der Waals surface area contributed by atoms with Crippen molar-refractivity contribution in [2.24, 2.45) is 5.10 Å². The molecule has 1 amide bonds. The summed E-state index contributed by atoms with van der Waals surface area (Å²) < 4.78 is 6.07. The molecule has 102 valence electrons. The molecule has 0 aliphatic heterocycles. The van der Waals surface area contributed by atoms with E-state index in [0.717, 1.165) is 14.9 Å². The van der Waals surface area contributed by atoms with Crippen LogP contribution in [0.2, 0.25) is 0 Å². The highest BCUT2D eigenvalue weighted by Crippen LogP contribution is 2.10. The third kappa shape index (κ3) is 4.06. The molecular formula is C15H13IN2O2. The summed E-state index contributed by atoms with van der Waals surface area (Å²) in [4.78, 5) is 11.8. The number of ether oxygens (including phenoxy) is 1. The summed E-state index contributed by atoms with van der Waals surface area (Å²) in [6.45, 7) is 0. The maximum atomic E-state index is 11.8. The van der Waals surface area contributed by atoms with Gasteiger partial charge in [0.1, 0.15) is 5.75 Å². The molecule has 0 unspecified atom stereocenters. The van der Waals surface area contributed by atoms with Gasteiger partial charge in [-0.25, -0.2) is 5.43 Å². The monoisotopic (exact) mass is 380 g/mol. The quantitative estimate of drug-likeness (QED) is 0.504. The van der Waals surface area contributed by atoms with Crippen molar-refractivity contribution in [3.05, 3.63) is 63.2 Å². The fourth-order valence-corrected chi connectivity index (χ4v) is 2.09. The molecule has 0 aliphatic carbocycles. The van der Waals surface area contributed by atoms with Crippen molar-refractivity contribution in [2.75, 3.05) is 7.11 Å². The zero-order valence-corrected chi connectivity index (χ0v) is 13.0. The lowest BCUT2D eigenvalue weighted by Crippen LogP contribution is -2.17. The van der Waals surface area contributed by atoms with Gasteiger partial charge >= 0.3 is 0 Å². The van der Waals surface area contributed by atoms with E-state index in [1.165, 1.54) is 0 Å². The first-order chi connectivity index (χ1) is 9.69. The molecule has 0 atom stereocenters. The van der Waals surface area contributed by atoms with E-state index in [-0.39, 0.29) is 5.91 Å². The number of carbonyl (C=O) groups excluding carboxylic acids is 1. The van der Waals surface area contributed by atoms with Crippen molar-refractivity contribution < 1.29 is 9.53 Å². The van der Waals surface area contributed by atoms with Crippen molar-refractivity contribution >= 4 is 34.7 Å². The van der Waals surface area contributed by atoms with E-state index in [4.69, 9.17) is 4.74 Å². The molecule has 1 N–H and O–H groups in total. The molecule has 0 heterocycles. The third-order valence-electron chi connectivity index (χ3n) is 2.58. The molecule has 2 aromatic rings. The van der Waals surface area contributed by atoms with Gasteiger partial charge in [0.2, 0.25) is 0 Å². The number of methoxy groups -OCH3 is 1. The first kappa shape index (κ1) is 14.5. The van der Waals surface area contributed by atoms with Gasteiger partial charge in [-0.3, -0.25) is 4.79 Å². The van der Waals surface area contributed by atoms with Gasteiger partial charge in [-0.1, -0.05) is 6.07 Å². The molecule has 2 aromatic carbocycles. The first-order valence-electron chi connectivity index (χ1n) is 5.92. The molecule has 0 radical (unpaired) electrons. The fourth-order valence-electron chi connectivity index (χ4n) is 1.55. The van der Waals surface area contributed by atoms with Crippen LogP contribution in [0.15, 0.2) is 53.6 Å². The van der Waals surface area contributed by atoms with Gasteiger partial charge in [-0.2, -0.15) is 5.10 Å². The molecule has 0 saturated heterocycles. The van der Waals surface area contributed by atoms with Gasteiger partial charge in [0.05, 0.1) is 13.3 Å². The van der Waals surface area contributed by atoms with Gasteiger partial charge in [-0.15, -0.1) is 0 Å². The Hall–Kier alpha value is -1.89. The number of hydrogen-bond acceptors (Lipinski definition) is 3. The Morgan fingerprint density at radius 3 is 2.65 bits per heavy atom. The van der Waals surface area contributed by atoms with E-state index in [2.05, 4.69) is 33.1 Å². The van der Waals surface area contributed by atoms with Gasteiger partial charge in [0, 0.05) is 9.13 Å². The normalized spacial score (nSPS) is 10.5. The van der Waals surface area contributed by atoms with Crippen LogP contribution in [-0.2, 0) is 0 Å². The summed E-state index contributed by atoms with van der Waals surface area (Å²) in [5.74, 6) is 0.554. The lowest BCUT2D eigenvalue weighted by Gasteiger charge is -2.01. The van der Waals surface area contributed by atoms with Gasteiger partial charge in [-0.05, 0) is 70.6 Å². The number of hydrogen-bond donors (Lipinski definition) is 1. The minimum absolute atomic E-state index is 0.228. The van der Waals surface area contributed by atoms with Crippen LogP contribution in [-0.4, -0.2) is 19.2 Å². The second-order valence-corrected chi connectivity index (χ2v) is 5.23. The highest BCUT2D eigenvalue weighted by molar-refractivity contribution is 14.1.